The number of morpholine rings is 1. The van der Waals surface area contributed by atoms with Crippen molar-refractivity contribution in [1.82, 2.24) is 24.8 Å². The second-order valence-electron chi connectivity index (χ2n) is 6.14. The van der Waals surface area contributed by atoms with Crippen LogP contribution in [0.3, 0.4) is 0 Å². The zero-order chi connectivity index (χ0) is 17.8. The average molecular weight is 342 g/mol. The lowest BCUT2D eigenvalue weighted by atomic mass is 10.1. The largest absolute Gasteiger partial charge is 0.372 e. The van der Waals surface area contributed by atoms with Crippen LogP contribution in [0.2, 0.25) is 0 Å². The molecule has 1 aliphatic rings. The van der Waals surface area contributed by atoms with E-state index in [1.165, 1.54) is 0 Å². The molecule has 1 saturated heterocycles. The maximum Gasteiger partial charge on any atom is 0.257 e. The zero-order valence-corrected chi connectivity index (χ0v) is 14.6. The van der Waals surface area contributed by atoms with E-state index < -0.39 is 0 Å². The highest BCUT2D eigenvalue weighted by molar-refractivity contribution is 5.93. The lowest BCUT2D eigenvalue weighted by Gasteiger charge is -2.33. The standard InChI is InChI=1S/C17H22N6O2/c1-11(2)15-21-8-12(9-22-15)17(24)23-6-7-25-13(10-23)14-16(18-3)20-5-4-19-14/h4-5,8-9,11,13H,6-7,10H2,1-3H3,(H,18,20)/t13-/m0/s1. The second-order valence-corrected chi connectivity index (χ2v) is 6.14. The maximum atomic E-state index is 12.8. The molecule has 1 atom stereocenters. The van der Waals surface area contributed by atoms with E-state index in [0.29, 0.717) is 36.8 Å². The van der Waals surface area contributed by atoms with Gasteiger partial charge in [-0.2, -0.15) is 0 Å². The van der Waals surface area contributed by atoms with Crippen molar-refractivity contribution in [2.24, 2.45) is 0 Å². The predicted molar refractivity (Wildman–Crippen MR) is 92.3 cm³/mol. The minimum absolute atomic E-state index is 0.0986. The van der Waals surface area contributed by atoms with Crippen molar-refractivity contribution < 1.29 is 9.53 Å². The Hall–Kier alpha value is -2.61. The first-order chi connectivity index (χ1) is 12.1. The van der Waals surface area contributed by atoms with Gasteiger partial charge < -0.3 is 15.0 Å². The van der Waals surface area contributed by atoms with E-state index in [-0.39, 0.29) is 17.9 Å². The van der Waals surface area contributed by atoms with Crippen LogP contribution in [0.5, 0.6) is 0 Å². The van der Waals surface area contributed by atoms with Gasteiger partial charge in [-0.3, -0.25) is 9.78 Å². The van der Waals surface area contributed by atoms with Crippen molar-refractivity contribution in [3.63, 3.8) is 0 Å². The van der Waals surface area contributed by atoms with E-state index in [1.807, 2.05) is 13.8 Å². The summed E-state index contributed by atoms with van der Waals surface area (Å²) in [5.74, 6) is 1.52. The maximum absolute atomic E-state index is 12.8. The Kier molecular flexibility index (Phi) is 5.18. The minimum atomic E-state index is -0.315. The second kappa shape index (κ2) is 7.52. The van der Waals surface area contributed by atoms with Crippen molar-refractivity contribution in [2.45, 2.75) is 25.9 Å². The van der Waals surface area contributed by atoms with Gasteiger partial charge >= 0.3 is 0 Å². The fourth-order valence-corrected chi connectivity index (χ4v) is 2.71. The minimum Gasteiger partial charge on any atom is -0.372 e. The van der Waals surface area contributed by atoms with Crippen LogP contribution in [0.1, 0.15) is 47.7 Å². The molecule has 8 heteroatoms. The topological polar surface area (TPSA) is 93.1 Å². The average Bonchev–Trinajstić information content (AvgIpc) is 2.67. The normalized spacial score (nSPS) is 17.6. The van der Waals surface area contributed by atoms with Gasteiger partial charge in [-0.15, -0.1) is 0 Å². The molecular formula is C17H22N6O2. The highest BCUT2D eigenvalue weighted by atomic mass is 16.5. The number of amides is 1. The Morgan fingerprint density at radius 2 is 1.96 bits per heavy atom. The summed E-state index contributed by atoms with van der Waals surface area (Å²) in [4.78, 5) is 31.7. The molecule has 25 heavy (non-hydrogen) atoms. The van der Waals surface area contributed by atoms with E-state index in [0.717, 1.165) is 5.82 Å². The monoisotopic (exact) mass is 342 g/mol. The highest BCUT2D eigenvalue weighted by Crippen LogP contribution is 2.25. The van der Waals surface area contributed by atoms with Gasteiger partial charge in [-0.05, 0) is 0 Å². The molecule has 0 aliphatic carbocycles. The molecule has 0 saturated carbocycles. The summed E-state index contributed by atoms with van der Waals surface area (Å²) in [7, 11) is 1.78. The molecule has 0 bridgehead atoms. The smallest absolute Gasteiger partial charge is 0.257 e. The van der Waals surface area contributed by atoms with Gasteiger partial charge in [0.25, 0.3) is 5.91 Å². The van der Waals surface area contributed by atoms with Crippen molar-refractivity contribution in [1.29, 1.82) is 0 Å². The molecule has 2 aromatic rings. The summed E-state index contributed by atoms with van der Waals surface area (Å²) in [6.45, 7) is 5.42. The van der Waals surface area contributed by atoms with Crippen LogP contribution < -0.4 is 5.32 Å². The third kappa shape index (κ3) is 3.74. The van der Waals surface area contributed by atoms with Gasteiger partial charge in [0.05, 0.1) is 18.7 Å². The van der Waals surface area contributed by atoms with Crippen LogP contribution in [0.15, 0.2) is 24.8 Å². The molecule has 0 unspecified atom stereocenters. The Bertz CT molecular complexity index is 734. The zero-order valence-electron chi connectivity index (χ0n) is 14.6. The molecule has 1 N–H and O–H groups in total. The number of carbonyl (C=O) groups excluding carboxylic acids is 1. The fourth-order valence-electron chi connectivity index (χ4n) is 2.71. The van der Waals surface area contributed by atoms with Gasteiger partial charge in [0.1, 0.15) is 23.4 Å². The number of rotatable bonds is 4. The summed E-state index contributed by atoms with van der Waals surface area (Å²) >= 11 is 0. The number of nitrogens with one attached hydrogen (secondary N) is 1. The Morgan fingerprint density at radius 3 is 2.64 bits per heavy atom. The van der Waals surface area contributed by atoms with Gasteiger partial charge in [0.15, 0.2) is 0 Å². The first-order valence-electron chi connectivity index (χ1n) is 8.31. The van der Waals surface area contributed by atoms with Crippen LogP contribution in [0.4, 0.5) is 5.82 Å². The molecule has 0 radical (unpaired) electrons. The quantitative estimate of drug-likeness (QED) is 0.903. The lowest BCUT2D eigenvalue weighted by Crippen LogP contribution is -2.42. The molecule has 132 valence electrons. The summed E-state index contributed by atoms with van der Waals surface area (Å²) in [5.41, 5.74) is 1.19. The van der Waals surface area contributed by atoms with E-state index >= 15 is 0 Å². The van der Waals surface area contributed by atoms with Crippen LogP contribution in [0.25, 0.3) is 0 Å². The molecule has 1 amide bonds. The molecule has 3 rings (SSSR count). The number of aromatic nitrogens is 4. The molecule has 0 aromatic carbocycles. The summed E-state index contributed by atoms with van der Waals surface area (Å²) in [6, 6.07) is 0. The van der Waals surface area contributed by atoms with Crippen LogP contribution in [-0.4, -0.2) is 57.5 Å². The highest BCUT2D eigenvalue weighted by Gasteiger charge is 2.29. The van der Waals surface area contributed by atoms with Crippen molar-refractivity contribution in [3.05, 3.63) is 41.9 Å². The Morgan fingerprint density at radius 1 is 1.24 bits per heavy atom. The summed E-state index contributed by atoms with van der Waals surface area (Å²) in [5, 5.41) is 3.01. The number of carbonyl (C=O) groups is 1. The molecule has 8 nitrogen and oxygen atoms in total. The predicted octanol–water partition coefficient (Wildman–Crippen LogP) is 1.65. The molecule has 1 aliphatic heterocycles. The lowest BCUT2D eigenvalue weighted by molar-refractivity contribution is -0.0245. The third-order valence-electron chi connectivity index (χ3n) is 4.06. The van der Waals surface area contributed by atoms with E-state index in [2.05, 4.69) is 25.3 Å². The molecule has 3 heterocycles. The van der Waals surface area contributed by atoms with Crippen molar-refractivity contribution in [2.75, 3.05) is 32.1 Å². The number of hydrogen-bond donors (Lipinski definition) is 1. The van der Waals surface area contributed by atoms with Crippen LogP contribution in [-0.2, 0) is 4.74 Å². The molecule has 2 aromatic heterocycles. The number of hydrogen-bond acceptors (Lipinski definition) is 7. The SMILES string of the molecule is CNc1nccnc1[C@@H]1CN(C(=O)c2cnc(C(C)C)nc2)CCO1. The van der Waals surface area contributed by atoms with E-state index in [1.54, 1.807) is 36.7 Å². The van der Waals surface area contributed by atoms with Gasteiger partial charge in [0.2, 0.25) is 0 Å². The van der Waals surface area contributed by atoms with Crippen LogP contribution in [0, 0.1) is 0 Å². The Balaban J connectivity index is 1.75. The number of anilines is 1. The molecular weight excluding hydrogens is 320 g/mol. The number of ether oxygens (including phenoxy) is 1. The number of nitrogens with zero attached hydrogens (tertiary/aromatic N) is 5. The van der Waals surface area contributed by atoms with E-state index in [9.17, 15) is 4.79 Å². The van der Waals surface area contributed by atoms with Gasteiger partial charge in [-0.25, -0.2) is 15.0 Å². The van der Waals surface area contributed by atoms with Gasteiger partial charge in [0, 0.05) is 44.3 Å². The van der Waals surface area contributed by atoms with E-state index in [4.69, 9.17) is 4.74 Å². The first-order valence-corrected chi connectivity index (χ1v) is 8.31. The van der Waals surface area contributed by atoms with Gasteiger partial charge in [-0.1, -0.05) is 13.8 Å². The molecule has 0 spiro atoms. The summed E-state index contributed by atoms with van der Waals surface area (Å²) in [6.07, 6.45) is 6.12. The van der Waals surface area contributed by atoms with Crippen LogP contribution >= 0.6 is 0 Å². The molecule has 1 fully saturated rings. The first kappa shape index (κ1) is 17.2. The Labute approximate surface area is 146 Å². The van der Waals surface area contributed by atoms with Crippen molar-refractivity contribution >= 4 is 11.7 Å². The van der Waals surface area contributed by atoms with Crippen molar-refractivity contribution in [3.8, 4) is 0 Å². The summed E-state index contributed by atoms with van der Waals surface area (Å²) < 4.78 is 5.81. The third-order valence-corrected chi connectivity index (χ3v) is 4.06. The fraction of sp³-hybridized carbons (Fsp3) is 0.471.